The lowest BCUT2D eigenvalue weighted by atomic mass is 10.1. The van der Waals surface area contributed by atoms with Crippen LogP contribution in [0.1, 0.15) is 33.3 Å². The van der Waals surface area contributed by atoms with Gasteiger partial charge < -0.3 is 29.2 Å². The average Bonchev–Trinajstić information content (AvgIpc) is 3.01. The number of carbonyl (C=O) groups is 2. The normalized spacial score (nSPS) is 12.1. The van der Waals surface area contributed by atoms with Gasteiger partial charge in [-0.15, -0.1) is 0 Å². The number of sulfonamides is 1. The SMILES string of the molecule is COc1ccc(OC)c(N(CC(=O)N(Cc2ccc(Cl)cc2)C(C)C(=O)NC(C)(C)C)S(=O)(=O)c2ccc(OC)c(OC)c2)c1. The second-order valence-corrected chi connectivity index (χ2v) is 13.4. The summed E-state index contributed by atoms with van der Waals surface area (Å²) in [6.45, 7) is 6.41. The molecule has 244 valence electrons. The third-order valence-electron chi connectivity index (χ3n) is 6.81. The van der Waals surface area contributed by atoms with Crippen LogP contribution in [0.3, 0.4) is 0 Å². The van der Waals surface area contributed by atoms with Crippen molar-refractivity contribution in [2.45, 2.75) is 50.7 Å². The van der Waals surface area contributed by atoms with Gasteiger partial charge in [-0.3, -0.25) is 13.9 Å². The molecule has 0 spiro atoms. The number of benzene rings is 3. The fraction of sp³-hybridized carbons (Fsp3) is 0.375. The maximum absolute atomic E-state index is 14.4. The number of ether oxygens (including phenoxy) is 4. The molecule has 0 radical (unpaired) electrons. The molecule has 0 aliphatic carbocycles. The van der Waals surface area contributed by atoms with Gasteiger partial charge in [0.25, 0.3) is 10.0 Å². The Hall–Kier alpha value is -4.16. The van der Waals surface area contributed by atoms with Gasteiger partial charge in [-0.2, -0.15) is 0 Å². The van der Waals surface area contributed by atoms with E-state index in [1.807, 2.05) is 20.8 Å². The number of hydrogen-bond acceptors (Lipinski definition) is 8. The average molecular weight is 662 g/mol. The molecule has 0 saturated carbocycles. The predicted octanol–water partition coefficient (Wildman–Crippen LogP) is 4.90. The zero-order valence-corrected chi connectivity index (χ0v) is 28.3. The first-order valence-corrected chi connectivity index (χ1v) is 15.8. The lowest BCUT2D eigenvalue weighted by Gasteiger charge is -2.34. The molecule has 0 aliphatic rings. The van der Waals surface area contributed by atoms with Gasteiger partial charge in [-0.25, -0.2) is 8.42 Å². The predicted molar refractivity (Wildman–Crippen MR) is 173 cm³/mol. The molecule has 0 heterocycles. The van der Waals surface area contributed by atoms with Gasteiger partial charge in [0.05, 0.1) is 39.0 Å². The van der Waals surface area contributed by atoms with Gasteiger partial charge in [0.1, 0.15) is 24.1 Å². The number of halogens is 1. The molecule has 13 heteroatoms. The Kier molecular flexibility index (Phi) is 11.6. The molecule has 0 bridgehead atoms. The first-order valence-electron chi connectivity index (χ1n) is 14.0. The Morgan fingerprint density at radius 2 is 1.44 bits per heavy atom. The van der Waals surface area contributed by atoms with E-state index in [1.54, 1.807) is 43.3 Å². The Morgan fingerprint density at radius 3 is 2.00 bits per heavy atom. The number of methoxy groups -OCH3 is 4. The summed E-state index contributed by atoms with van der Waals surface area (Å²) in [4.78, 5) is 28.7. The highest BCUT2D eigenvalue weighted by molar-refractivity contribution is 7.92. The second kappa shape index (κ2) is 14.7. The Morgan fingerprint density at radius 1 is 0.844 bits per heavy atom. The topological polar surface area (TPSA) is 124 Å². The van der Waals surface area contributed by atoms with Crippen LogP contribution in [0.5, 0.6) is 23.0 Å². The quantitative estimate of drug-likeness (QED) is 0.274. The fourth-order valence-electron chi connectivity index (χ4n) is 4.45. The summed E-state index contributed by atoms with van der Waals surface area (Å²) in [5, 5.41) is 3.41. The summed E-state index contributed by atoms with van der Waals surface area (Å²) in [6, 6.07) is 14.6. The summed E-state index contributed by atoms with van der Waals surface area (Å²) in [5.41, 5.74) is 0.173. The van der Waals surface area contributed by atoms with Crippen LogP contribution in [0.15, 0.2) is 65.6 Å². The highest BCUT2D eigenvalue weighted by atomic mass is 35.5. The van der Waals surface area contributed by atoms with Crippen LogP contribution < -0.4 is 28.6 Å². The molecule has 1 N–H and O–H groups in total. The molecule has 3 aromatic carbocycles. The summed E-state index contributed by atoms with van der Waals surface area (Å²) in [7, 11) is 1.20. The van der Waals surface area contributed by atoms with Crippen LogP contribution in [0.2, 0.25) is 5.02 Å². The molecule has 0 aromatic heterocycles. The molecule has 1 atom stereocenters. The van der Waals surface area contributed by atoms with E-state index in [0.717, 1.165) is 4.31 Å². The summed E-state index contributed by atoms with van der Waals surface area (Å²) in [5.74, 6) is -0.0317. The summed E-state index contributed by atoms with van der Waals surface area (Å²) >= 11 is 6.08. The van der Waals surface area contributed by atoms with Crippen molar-refractivity contribution in [2.75, 3.05) is 39.3 Å². The Bertz CT molecular complexity index is 1610. The van der Waals surface area contributed by atoms with Crippen LogP contribution >= 0.6 is 11.6 Å². The molecule has 3 aromatic rings. The van der Waals surface area contributed by atoms with Crippen molar-refractivity contribution in [3.05, 3.63) is 71.2 Å². The molecule has 0 fully saturated rings. The van der Waals surface area contributed by atoms with Gasteiger partial charge in [-0.1, -0.05) is 23.7 Å². The Labute approximate surface area is 270 Å². The fourth-order valence-corrected chi connectivity index (χ4v) is 6.01. The van der Waals surface area contributed by atoms with Crippen molar-refractivity contribution in [3.8, 4) is 23.0 Å². The number of rotatable bonds is 13. The molecule has 3 rings (SSSR count). The number of anilines is 1. The van der Waals surface area contributed by atoms with Crippen molar-refractivity contribution in [1.82, 2.24) is 10.2 Å². The molecule has 0 saturated heterocycles. The minimum atomic E-state index is -4.45. The molecular formula is C32H40ClN3O8S. The number of carbonyl (C=O) groups excluding carboxylic acids is 2. The molecule has 0 aliphatic heterocycles. The van der Waals surface area contributed by atoms with Gasteiger partial charge in [0.15, 0.2) is 11.5 Å². The van der Waals surface area contributed by atoms with E-state index in [0.29, 0.717) is 22.1 Å². The minimum Gasteiger partial charge on any atom is -0.497 e. The van der Waals surface area contributed by atoms with E-state index in [4.69, 9.17) is 30.5 Å². The monoisotopic (exact) mass is 661 g/mol. The van der Waals surface area contributed by atoms with E-state index in [2.05, 4.69) is 5.32 Å². The van der Waals surface area contributed by atoms with Crippen LogP contribution in [-0.4, -0.2) is 71.7 Å². The van der Waals surface area contributed by atoms with Crippen molar-refractivity contribution in [2.24, 2.45) is 0 Å². The third kappa shape index (κ3) is 8.73. The first kappa shape index (κ1) is 35.3. The Balaban J connectivity index is 2.17. The summed E-state index contributed by atoms with van der Waals surface area (Å²) in [6.07, 6.45) is 0. The number of nitrogens with one attached hydrogen (secondary N) is 1. The van der Waals surface area contributed by atoms with Gasteiger partial charge in [0, 0.05) is 29.2 Å². The van der Waals surface area contributed by atoms with E-state index in [1.165, 1.54) is 57.6 Å². The van der Waals surface area contributed by atoms with E-state index in [-0.39, 0.29) is 28.6 Å². The molecule has 2 amide bonds. The highest BCUT2D eigenvalue weighted by Crippen LogP contribution is 2.38. The zero-order chi connectivity index (χ0) is 33.5. The van der Waals surface area contributed by atoms with Crippen molar-refractivity contribution < 1.29 is 37.0 Å². The second-order valence-electron chi connectivity index (χ2n) is 11.1. The maximum atomic E-state index is 14.4. The lowest BCUT2D eigenvalue weighted by Crippen LogP contribution is -2.54. The highest BCUT2D eigenvalue weighted by Gasteiger charge is 2.35. The standard InChI is InChI=1S/C32H40ClN3O8S/c1-21(31(38)34-32(2,3)4)35(19-22-9-11-23(33)12-10-22)30(37)20-36(26-17-24(41-5)13-15-27(26)42-6)45(39,40)25-14-16-28(43-7)29(18-25)44-8/h9-18,21H,19-20H2,1-8H3,(H,34,38). The number of hydrogen-bond donors (Lipinski definition) is 1. The van der Waals surface area contributed by atoms with Crippen LogP contribution in [-0.2, 0) is 26.2 Å². The van der Waals surface area contributed by atoms with Gasteiger partial charge in [0.2, 0.25) is 11.8 Å². The minimum absolute atomic E-state index is 0.00816. The molecule has 45 heavy (non-hydrogen) atoms. The smallest absolute Gasteiger partial charge is 0.265 e. The maximum Gasteiger partial charge on any atom is 0.265 e. The number of nitrogens with zero attached hydrogens (tertiary/aromatic N) is 2. The van der Waals surface area contributed by atoms with Crippen molar-refractivity contribution in [3.63, 3.8) is 0 Å². The van der Waals surface area contributed by atoms with Crippen molar-refractivity contribution >= 4 is 39.1 Å². The van der Waals surface area contributed by atoms with Gasteiger partial charge in [-0.05, 0) is 69.7 Å². The largest absolute Gasteiger partial charge is 0.497 e. The van der Waals surface area contributed by atoms with Crippen LogP contribution in [0, 0.1) is 0 Å². The van der Waals surface area contributed by atoms with Crippen LogP contribution in [0.4, 0.5) is 5.69 Å². The van der Waals surface area contributed by atoms with E-state index >= 15 is 0 Å². The molecule has 11 nitrogen and oxygen atoms in total. The number of amides is 2. The molecular weight excluding hydrogens is 622 g/mol. The first-order chi connectivity index (χ1) is 21.1. The third-order valence-corrected chi connectivity index (χ3v) is 8.82. The summed E-state index contributed by atoms with van der Waals surface area (Å²) < 4.78 is 51.2. The molecule has 1 unspecified atom stereocenters. The van der Waals surface area contributed by atoms with Crippen molar-refractivity contribution in [1.29, 1.82) is 0 Å². The van der Waals surface area contributed by atoms with E-state index in [9.17, 15) is 18.0 Å². The lowest BCUT2D eigenvalue weighted by molar-refractivity contribution is -0.140. The van der Waals surface area contributed by atoms with Gasteiger partial charge >= 0.3 is 0 Å². The van der Waals surface area contributed by atoms with E-state index < -0.39 is 40.0 Å². The van der Waals surface area contributed by atoms with Crippen LogP contribution in [0.25, 0.3) is 0 Å². The zero-order valence-electron chi connectivity index (χ0n) is 26.7.